The van der Waals surface area contributed by atoms with Crippen molar-refractivity contribution >= 4 is 29.1 Å². The van der Waals surface area contributed by atoms with Gasteiger partial charge in [0.05, 0.1) is 4.92 Å². The van der Waals surface area contributed by atoms with Gasteiger partial charge >= 0.3 is 5.97 Å². The molecule has 6 heteroatoms. The highest BCUT2D eigenvalue weighted by molar-refractivity contribution is 7.08. The Morgan fingerprint density at radius 2 is 2.25 bits per heavy atom. The maximum atomic E-state index is 11.5. The molecule has 1 aromatic heterocycles. The summed E-state index contributed by atoms with van der Waals surface area (Å²) < 4.78 is 5.02. The third-order valence-corrected chi connectivity index (χ3v) is 3.16. The topological polar surface area (TPSA) is 69.4 Å². The van der Waals surface area contributed by atoms with E-state index in [0.29, 0.717) is 5.56 Å². The number of esters is 1. The van der Waals surface area contributed by atoms with Crippen LogP contribution in [-0.4, -0.2) is 10.9 Å². The minimum absolute atomic E-state index is 0.00842. The Morgan fingerprint density at radius 1 is 1.40 bits per heavy atom. The molecule has 0 aliphatic heterocycles. The number of nitrogens with zero attached hydrogens (tertiary/aromatic N) is 1. The lowest BCUT2D eigenvalue weighted by molar-refractivity contribution is -0.384. The van der Waals surface area contributed by atoms with E-state index < -0.39 is 10.9 Å². The third kappa shape index (κ3) is 4.03. The fourth-order valence-electron chi connectivity index (χ4n) is 1.50. The highest BCUT2D eigenvalue weighted by Crippen LogP contribution is 2.14. The minimum Gasteiger partial charge on any atom is -0.458 e. The predicted octanol–water partition coefficient (Wildman–Crippen LogP) is 3.41. The number of non-ortho nitro benzene ring substituents is 1. The van der Waals surface area contributed by atoms with Crippen molar-refractivity contribution in [2.75, 3.05) is 0 Å². The molecular weight excluding hydrogens is 278 g/mol. The van der Waals surface area contributed by atoms with Crippen molar-refractivity contribution in [3.05, 3.63) is 68.4 Å². The molecule has 2 rings (SSSR count). The highest BCUT2D eigenvalue weighted by atomic mass is 32.1. The molecule has 0 aliphatic rings. The molecule has 0 saturated carbocycles. The third-order valence-electron chi connectivity index (χ3n) is 2.46. The summed E-state index contributed by atoms with van der Waals surface area (Å²) in [6, 6.07) is 7.89. The predicted molar refractivity (Wildman–Crippen MR) is 76.2 cm³/mol. The molecular formula is C14H11NO4S. The molecule has 2 aromatic rings. The van der Waals surface area contributed by atoms with E-state index in [-0.39, 0.29) is 12.3 Å². The van der Waals surface area contributed by atoms with Crippen LogP contribution in [0.2, 0.25) is 0 Å². The van der Waals surface area contributed by atoms with Crippen molar-refractivity contribution < 1.29 is 14.5 Å². The monoisotopic (exact) mass is 289 g/mol. The standard InChI is InChI=1S/C14H11NO4S/c16-14(5-4-11-6-7-20-10-11)19-9-12-2-1-3-13(8-12)15(17)18/h1-8,10H,9H2. The maximum Gasteiger partial charge on any atom is 0.331 e. The van der Waals surface area contributed by atoms with Crippen LogP contribution in [0.1, 0.15) is 11.1 Å². The lowest BCUT2D eigenvalue weighted by Gasteiger charge is -2.02. The number of nitro benzene ring substituents is 1. The molecule has 102 valence electrons. The molecule has 0 amide bonds. The van der Waals surface area contributed by atoms with Gasteiger partial charge in [0.15, 0.2) is 0 Å². The fraction of sp³-hybridized carbons (Fsp3) is 0.0714. The van der Waals surface area contributed by atoms with Crippen LogP contribution in [0.15, 0.2) is 47.2 Å². The summed E-state index contributed by atoms with van der Waals surface area (Å²) >= 11 is 1.54. The molecule has 1 heterocycles. The highest BCUT2D eigenvalue weighted by Gasteiger charge is 2.06. The first-order valence-electron chi connectivity index (χ1n) is 5.75. The summed E-state index contributed by atoms with van der Waals surface area (Å²) in [5, 5.41) is 14.4. The quantitative estimate of drug-likeness (QED) is 0.366. The van der Waals surface area contributed by atoms with Gasteiger partial charge in [-0.15, -0.1) is 0 Å². The second-order valence-corrected chi connectivity index (χ2v) is 4.70. The van der Waals surface area contributed by atoms with Gasteiger partial charge in [-0.05, 0) is 34.0 Å². The molecule has 0 spiro atoms. The van der Waals surface area contributed by atoms with Crippen LogP contribution in [0.25, 0.3) is 6.08 Å². The fourth-order valence-corrected chi connectivity index (χ4v) is 2.13. The smallest absolute Gasteiger partial charge is 0.331 e. The van der Waals surface area contributed by atoms with Gasteiger partial charge in [-0.1, -0.05) is 12.1 Å². The normalized spacial score (nSPS) is 10.6. The zero-order valence-electron chi connectivity index (χ0n) is 10.4. The van der Waals surface area contributed by atoms with Crippen molar-refractivity contribution in [2.45, 2.75) is 6.61 Å². The molecule has 0 bridgehead atoms. The van der Waals surface area contributed by atoms with Gasteiger partial charge in [0.2, 0.25) is 0 Å². The summed E-state index contributed by atoms with van der Waals surface area (Å²) in [6.07, 6.45) is 2.99. The number of hydrogen-bond acceptors (Lipinski definition) is 5. The number of nitro groups is 1. The number of carbonyl (C=O) groups is 1. The van der Waals surface area contributed by atoms with E-state index in [4.69, 9.17) is 4.74 Å². The first-order valence-corrected chi connectivity index (χ1v) is 6.70. The SMILES string of the molecule is O=C(C=Cc1ccsc1)OCc1cccc([N+](=O)[O-])c1. The summed E-state index contributed by atoms with van der Waals surface area (Å²) in [4.78, 5) is 21.6. The van der Waals surface area contributed by atoms with Gasteiger partial charge < -0.3 is 4.74 Å². The van der Waals surface area contributed by atoms with Gasteiger partial charge in [0.1, 0.15) is 6.61 Å². The summed E-state index contributed by atoms with van der Waals surface area (Å²) in [7, 11) is 0. The number of hydrogen-bond donors (Lipinski definition) is 0. The summed E-state index contributed by atoms with van der Waals surface area (Å²) in [5.41, 5.74) is 1.49. The second kappa shape index (κ2) is 6.63. The van der Waals surface area contributed by atoms with E-state index in [1.807, 2.05) is 16.8 Å². The van der Waals surface area contributed by atoms with Crippen molar-refractivity contribution in [3.8, 4) is 0 Å². The van der Waals surface area contributed by atoms with Gasteiger partial charge in [-0.3, -0.25) is 10.1 Å². The molecule has 0 saturated heterocycles. The van der Waals surface area contributed by atoms with E-state index in [1.165, 1.54) is 29.5 Å². The molecule has 0 radical (unpaired) electrons. The molecule has 0 N–H and O–H groups in total. The Morgan fingerprint density at radius 3 is 2.95 bits per heavy atom. The number of ether oxygens (including phenoxy) is 1. The Balaban J connectivity index is 1.90. The average Bonchev–Trinajstić information content (AvgIpc) is 2.96. The molecule has 1 aromatic carbocycles. The van der Waals surface area contributed by atoms with Crippen molar-refractivity contribution in [2.24, 2.45) is 0 Å². The van der Waals surface area contributed by atoms with Crippen LogP contribution in [-0.2, 0) is 16.1 Å². The van der Waals surface area contributed by atoms with Crippen LogP contribution in [0.4, 0.5) is 5.69 Å². The number of carbonyl (C=O) groups excluding carboxylic acids is 1. The lowest BCUT2D eigenvalue weighted by Crippen LogP contribution is -2.01. The molecule has 0 atom stereocenters. The van der Waals surface area contributed by atoms with E-state index in [0.717, 1.165) is 5.56 Å². The largest absolute Gasteiger partial charge is 0.458 e. The molecule has 0 unspecified atom stereocenters. The van der Waals surface area contributed by atoms with Crippen LogP contribution in [0, 0.1) is 10.1 Å². The van der Waals surface area contributed by atoms with Crippen molar-refractivity contribution in [1.29, 1.82) is 0 Å². The van der Waals surface area contributed by atoms with Crippen molar-refractivity contribution in [1.82, 2.24) is 0 Å². The van der Waals surface area contributed by atoms with Gasteiger partial charge in [-0.25, -0.2) is 4.79 Å². The van der Waals surface area contributed by atoms with E-state index in [9.17, 15) is 14.9 Å². The van der Waals surface area contributed by atoms with Crippen LogP contribution in [0.5, 0.6) is 0 Å². The lowest BCUT2D eigenvalue weighted by atomic mass is 10.2. The number of benzene rings is 1. The zero-order chi connectivity index (χ0) is 14.4. The molecule has 20 heavy (non-hydrogen) atoms. The Hall–Kier alpha value is -2.47. The Bertz CT molecular complexity index is 634. The van der Waals surface area contributed by atoms with Gasteiger partial charge in [0, 0.05) is 18.2 Å². The van der Waals surface area contributed by atoms with Crippen molar-refractivity contribution in [3.63, 3.8) is 0 Å². The molecule has 0 aliphatic carbocycles. The van der Waals surface area contributed by atoms with Crippen LogP contribution < -0.4 is 0 Å². The van der Waals surface area contributed by atoms with Crippen LogP contribution in [0.3, 0.4) is 0 Å². The van der Waals surface area contributed by atoms with Crippen LogP contribution >= 0.6 is 11.3 Å². The van der Waals surface area contributed by atoms with E-state index in [1.54, 1.807) is 18.2 Å². The van der Waals surface area contributed by atoms with E-state index in [2.05, 4.69) is 0 Å². The van der Waals surface area contributed by atoms with Gasteiger partial charge in [0.25, 0.3) is 5.69 Å². The second-order valence-electron chi connectivity index (χ2n) is 3.92. The van der Waals surface area contributed by atoms with E-state index >= 15 is 0 Å². The zero-order valence-corrected chi connectivity index (χ0v) is 11.2. The first kappa shape index (κ1) is 14.0. The number of thiophene rings is 1. The Kier molecular flexibility index (Phi) is 4.62. The summed E-state index contributed by atoms with van der Waals surface area (Å²) in [5.74, 6) is -0.484. The average molecular weight is 289 g/mol. The molecule has 5 nitrogen and oxygen atoms in total. The van der Waals surface area contributed by atoms with Gasteiger partial charge in [-0.2, -0.15) is 11.3 Å². The molecule has 0 fully saturated rings. The summed E-state index contributed by atoms with van der Waals surface area (Å²) in [6.45, 7) is 0.00842. The number of rotatable bonds is 5. The first-order chi connectivity index (χ1) is 9.65. The maximum absolute atomic E-state index is 11.5. The minimum atomic E-state index is -0.484. The Labute approximate surface area is 119 Å².